The van der Waals surface area contributed by atoms with E-state index in [1.165, 1.54) is 0 Å². The number of hydrogen-bond acceptors (Lipinski definition) is 5. The molecule has 1 aromatic carbocycles. The van der Waals surface area contributed by atoms with Gasteiger partial charge in [0.2, 0.25) is 0 Å². The maximum Gasteiger partial charge on any atom is 0.157 e. The monoisotopic (exact) mass is 329 g/mol. The summed E-state index contributed by atoms with van der Waals surface area (Å²) in [5, 5.41) is 7.79. The van der Waals surface area contributed by atoms with E-state index in [0.717, 1.165) is 24.3 Å². The summed E-state index contributed by atoms with van der Waals surface area (Å²) in [5.41, 5.74) is 0. The number of ether oxygens (including phenoxy) is 3. The first-order valence-corrected chi connectivity index (χ1v) is 8.47. The molecule has 1 saturated carbocycles. The van der Waals surface area contributed by atoms with Crippen molar-refractivity contribution in [2.24, 2.45) is 7.05 Å². The third-order valence-electron chi connectivity index (χ3n) is 4.59. The molecule has 2 aliphatic rings. The van der Waals surface area contributed by atoms with Crippen LogP contribution in [0.15, 0.2) is 42.7 Å². The molecule has 4 rings (SSSR count). The molecule has 2 fully saturated rings. The van der Waals surface area contributed by atoms with Crippen LogP contribution in [0.5, 0.6) is 11.5 Å². The van der Waals surface area contributed by atoms with E-state index in [2.05, 4.69) is 10.4 Å². The van der Waals surface area contributed by atoms with Gasteiger partial charge in [0.25, 0.3) is 0 Å². The summed E-state index contributed by atoms with van der Waals surface area (Å²) in [6.45, 7) is 1.30. The molecule has 1 aliphatic carbocycles. The van der Waals surface area contributed by atoms with Crippen molar-refractivity contribution < 1.29 is 14.2 Å². The van der Waals surface area contributed by atoms with Crippen molar-refractivity contribution in [3.63, 3.8) is 0 Å². The van der Waals surface area contributed by atoms with Crippen LogP contribution in [-0.2, 0) is 11.8 Å². The predicted octanol–water partition coefficient (Wildman–Crippen LogP) is 1.77. The zero-order valence-electron chi connectivity index (χ0n) is 13.8. The van der Waals surface area contributed by atoms with Crippen molar-refractivity contribution in [2.75, 3.05) is 13.2 Å². The minimum atomic E-state index is 0.0308. The molecule has 6 nitrogen and oxygen atoms in total. The highest BCUT2D eigenvalue weighted by molar-refractivity contribution is 5.21. The summed E-state index contributed by atoms with van der Waals surface area (Å²) in [7, 11) is 1.88. The lowest BCUT2D eigenvalue weighted by Gasteiger charge is -2.38. The van der Waals surface area contributed by atoms with Gasteiger partial charge in [-0.25, -0.2) is 0 Å². The van der Waals surface area contributed by atoms with E-state index in [9.17, 15) is 0 Å². The quantitative estimate of drug-likeness (QED) is 0.875. The van der Waals surface area contributed by atoms with Crippen LogP contribution < -0.4 is 14.8 Å². The fourth-order valence-corrected chi connectivity index (χ4v) is 3.23. The average molecular weight is 329 g/mol. The summed E-state index contributed by atoms with van der Waals surface area (Å²) in [4.78, 5) is 0. The lowest BCUT2D eigenvalue weighted by atomic mass is 9.88. The highest BCUT2D eigenvalue weighted by Crippen LogP contribution is 2.27. The second-order valence-electron chi connectivity index (χ2n) is 6.54. The topological polar surface area (TPSA) is 57.5 Å². The zero-order valence-corrected chi connectivity index (χ0v) is 13.8. The van der Waals surface area contributed by atoms with Gasteiger partial charge in [-0.2, -0.15) is 5.10 Å². The van der Waals surface area contributed by atoms with Crippen molar-refractivity contribution in [2.45, 2.75) is 37.1 Å². The largest absolute Gasteiger partial charge is 0.490 e. The fraction of sp³-hybridized carbons (Fsp3) is 0.500. The Kier molecular flexibility index (Phi) is 4.40. The molecule has 0 spiro atoms. The van der Waals surface area contributed by atoms with E-state index in [-0.39, 0.29) is 12.1 Å². The Balaban J connectivity index is 1.24. The maximum absolute atomic E-state index is 6.00. The number of para-hydroxylation sites is 1. The number of aryl methyl sites for hydroxylation is 1. The third-order valence-corrected chi connectivity index (χ3v) is 4.59. The van der Waals surface area contributed by atoms with Gasteiger partial charge in [-0.3, -0.25) is 4.68 Å². The van der Waals surface area contributed by atoms with Crippen LogP contribution >= 0.6 is 0 Å². The molecule has 1 aromatic heterocycles. The van der Waals surface area contributed by atoms with Gasteiger partial charge in [0.05, 0.1) is 31.6 Å². The molecule has 24 heavy (non-hydrogen) atoms. The molecular weight excluding hydrogens is 306 g/mol. The Morgan fingerprint density at radius 1 is 1.12 bits per heavy atom. The van der Waals surface area contributed by atoms with Crippen LogP contribution in [0, 0.1) is 0 Å². The molecule has 2 atom stereocenters. The molecular formula is C18H23N3O3. The van der Waals surface area contributed by atoms with E-state index in [4.69, 9.17) is 14.2 Å². The van der Waals surface area contributed by atoms with Gasteiger partial charge in [-0.15, -0.1) is 0 Å². The smallest absolute Gasteiger partial charge is 0.157 e. The van der Waals surface area contributed by atoms with Crippen LogP contribution in [0.1, 0.15) is 12.8 Å². The summed E-state index contributed by atoms with van der Waals surface area (Å²) >= 11 is 0. The van der Waals surface area contributed by atoms with Gasteiger partial charge in [0, 0.05) is 13.1 Å². The average Bonchev–Trinajstić information content (AvgIpc) is 3.16. The van der Waals surface area contributed by atoms with Crippen molar-refractivity contribution in [1.82, 2.24) is 15.1 Å². The Morgan fingerprint density at radius 2 is 1.96 bits per heavy atom. The summed E-state index contributed by atoms with van der Waals surface area (Å²) in [6.07, 6.45) is 5.98. The van der Waals surface area contributed by atoms with Crippen LogP contribution in [0.2, 0.25) is 0 Å². The van der Waals surface area contributed by atoms with Gasteiger partial charge in [0.15, 0.2) is 5.75 Å². The fourth-order valence-electron chi connectivity index (χ4n) is 3.23. The standard InChI is InChI=1S/C18H23N3O3/c1-21-10-16(9-19-21)24-18-12-22-11-17(18)20-13-7-15(8-13)23-14-5-3-2-4-6-14/h2-6,9-10,13,15,17-18,20H,7-8,11-12H2,1H3/t13?,15?,17-,18+/m0/s1. The van der Waals surface area contributed by atoms with Crippen molar-refractivity contribution in [3.8, 4) is 11.5 Å². The van der Waals surface area contributed by atoms with Crippen molar-refractivity contribution >= 4 is 0 Å². The minimum Gasteiger partial charge on any atom is -0.490 e. The van der Waals surface area contributed by atoms with Gasteiger partial charge < -0.3 is 19.5 Å². The number of nitrogens with one attached hydrogen (secondary N) is 1. The maximum atomic E-state index is 6.00. The van der Waals surface area contributed by atoms with E-state index in [1.54, 1.807) is 10.9 Å². The van der Waals surface area contributed by atoms with E-state index in [0.29, 0.717) is 25.4 Å². The molecule has 128 valence electrons. The molecule has 1 N–H and O–H groups in total. The highest BCUT2D eigenvalue weighted by atomic mass is 16.5. The molecule has 2 heterocycles. The van der Waals surface area contributed by atoms with Gasteiger partial charge in [-0.1, -0.05) is 18.2 Å². The number of hydrogen-bond donors (Lipinski definition) is 1. The summed E-state index contributed by atoms with van der Waals surface area (Å²) in [5.74, 6) is 1.74. The van der Waals surface area contributed by atoms with E-state index >= 15 is 0 Å². The summed E-state index contributed by atoms with van der Waals surface area (Å²) < 4.78 is 19.3. The first-order valence-electron chi connectivity index (χ1n) is 8.47. The number of nitrogens with zero attached hydrogens (tertiary/aromatic N) is 2. The first kappa shape index (κ1) is 15.5. The molecule has 0 radical (unpaired) electrons. The van der Waals surface area contributed by atoms with Gasteiger partial charge in [0.1, 0.15) is 18.0 Å². The second-order valence-corrected chi connectivity index (χ2v) is 6.54. The van der Waals surface area contributed by atoms with Crippen LogP contribution in [0.4, 0.5) is 0 Å². The van der Waals surface area contributed by atoms with Crippen molar-refractivity contribution in [3.05, 3.63) is 42.7 Å². The van der Waals surface area contributed by atoms with Gasteiger partial charge in [-0.05, 0) is 25.0 Å². The molecule has 0 unspecified atom stereocenters. The number of rotatable bonds is 6. The van der Waals surface area contributed by atoms with Crippen LogP contribution in [0.3, 0.4) is 0 Å². The minimum absolute atomic E-state index is 0.0308. The Bertz CT molecular complexity index is 655. The molecule has 6 heteroatoms. The molecule has 1 saturated heterocycles. The Hall–Kier alpha value is -2.05. The molecule has 0 amide bonds. The van der Waals surface area contributed by atoms with Crippen molar-refractivity contribution in [1.29, 1.82) is 0 Å². The molecule has 2 aromatic rings. The molecule has 1 aliphatic heterocycles. The first-order chi connectivity index (χ1) is 11.8. The Morgan fingerprint density at radius 3 is 2.71 bits per heavy atom. The van der Waals surface area contributed by atoms with Crippen LogP contribution in [0.25, 0.3) is 0 Å². The lowest BCUT2D eigenvalue weighted by molar-refractivity contribution is 0.0704. The lowest BCUT2D eigenvalue weighted by Crippen LogP contribution is -2.54. The third kappa shape index (κ3) is 3.55. The SMILES string of the molecule is Cn1cc(O[C@@H]2COC[C@@H]2NC2CC(Oc3ccccc3)C2)cn1. The second kappa shape index (κ2) is 6.83. The van der Waals surface area contributed by atoms with E-state index < -0.39 is 0 Å². The zero-order chi connectivity index (χ0) is 16.4. The van der Waals surface area contributed by atoms with Gasteiger partial charge >= 0.3 is 0 Å². The van der Waals surface area contributed by atoms with Crippen LogP contribution in [-0.4, -0.2) is 47.3 Å². The number of aromatic nitrogens is 2. The predicted molar refractivity (Wildman–Crippen MR) is 89.2 cm³/mol. The highest BCUT2D eigenvalue weighted by Gasteiger charge is 2.37. The Labute approximate surface area is 141 Å². The van der Waals surface area contributed by atoms with E-state index in [1.807, 2.05) is 43.6 Å². The summed E-state index contributed by atoms with van der Waals surface area (Å²) in [6, 6.07) is 10.7. The normalized spacial score (nSPS) is 29.2. The molecule has 0 bridgehead atoms. The number of benzene rings is 1.